The van der Waals surface area contributed by atoms with E-state index in [0.717, 1.165) is 49.5 Å². The minimum absolute atomic E-state index is 0.652. The second kappa shape index (κ2) is 33.5. The maximum atomic E-state index is 5.08. The molecular formula is C128H78N6S2. The topological polar surface area (TPSA) is 77.3 Å². The minimum atomic E-state index is 0.652. The van der Waals surface area contributed by atoms with Gasteiger partial charge < -0.3 is 0 Å². The molecule has 8 heteroatoms. The van der Waals surface area contributed by atoms with E-state index in [2.05, 4.69) is 352 Å². The van der Waals surface area contributed by atoms with Gasteiger partial charge in [0.25, 0.3) is 0 Å². The van der Waals surface area contributed by atoms with Gasteiger partial charge in [-0.3, -0.25) is 0 Å². The Hall–Kier alpha value is -17.4. The van der Waals surface area contributed by atoms with Crippen LogP contribution < -0.4 is 0 Å². The molecule has 0 radical (unpaired) electrons. The maximum Gasteiger partial charge on any atom is 0.164 e. The molecule has 136 heavy (non-hydrogen) atoms. The number of aromatic nitrogens is 6. The number of benzene rings is 23. The molecule has 4 heterocycles. The molecule has 0 bridgehead atoms. The Kier molecular flexibility index (Phi) is 19.6. The smallest absolute Gasteiger partial charge is 0.164 e. The van der Waals surface area contributed by atoms with Crippen molar-refractivity contribution in [2.45, 2.75) is 0 Å². The molecule has 4 aromatic heterocycles. The van der Waals surface area contributed by atoms with E-state index >= 15 is 0 Å². The molecule has 0 aliphatic carbocycles. The number of hydrogen-bond donors (Lipinski definition) is 0. The van der Waals surface area contributed by atoms with Crippen LogP contribution in [0.25, 0.3) is 273 Å². The molecule has 0 saturated carbocycles. The summed E-state index contributed by atoms with van der Waals surface area (Å²) in [6.45, 7) is 0. The van der Waals surface area contributed by atoms with E-state index in [1.165, 1.54) is 188 Å². The van der Waals surface area contributed by atoms with Crippen molar-refractivity contribution < 1.29 is 0 Å². The van der Waals surface area contributed by atoms with E-state index in [1.807, 2.05) is 144 Å². The van der Waals surface area contributed by atoms with E-state index in [4.69, 9.17) is 29.9 Å². The molecular weight excluding hydrogens is 1690 g/mol. The Morgan fingerprint density at radius 2 is 0.346 bits per heavy atom. The lowest BCUT2D eigenvalue weighted by Gasteiger charge is -2.13. The molecule has 27 aromatic rings. The zero-order valence-electron chi connectivity index (χ0n) is 73.5. The fourth-order valence-electron chi connectivity index (χ4n) is 20.2. The van der Waals surface area contributed by atoms with Crippen LogP contribution in [0, 0.1) is 0 Å². The van der Waals surface area contributed by atoms with Crippen LogP contribution >= 0.6 is 22.7 Å². The van der Waals surface area contributed by atoms with E-state index in [1.54, 1.807) is 0 Å². The highest BCUT2D eigenvalue weighted by Gasteiger charge is 2.22. The van der Waals surface area contributed by atoms with Gasteiger partial charge in [-0.2, -0.15) is 0 Å². The SMILES string of the molecule is c1ccc(-c2nc(-c3ccccc3)nc(-c3ccc(-c4ccc5c(c4)sc4ccc(-c6cccc(-c7cccc(-c8ccc9c%10ccccc%10c%10ccccc%10c9c8)c7)c6)cc45)c4ccccc34)n2)cc1.c1ccc(-c2nc(-c3ccccc3)nc(-c3ccc4cc(-c5ccc6c(c5)sc5ccc(-c7cccc(-c8ccc9c%10ccccc%10c%10ccccc%10c9c8)c7)cc56)ccc4c3)n2)cc1. The summed E-state index contributed by atoms with van der Waals surface area (Å²) in [6, 6.07) is 171. The van der Waals surface area contributed by atoms with Gasteiger partial charge in [-0.1, -0.05) is 388 Å². The van der Waals surface area contributed by atoms with E-state index < -0.39 is 0 Å². The summed E-state index contributed by atoms with van der Waals surface area (Å²) in [5, 5.41) is 25.2. The van der Waals surface area contributed by atoms with Crippen LogP contribution in [0.2, 0.25) is 0 Å². The van der Waals surface area contributed by atoms with Gasteiger partial charge in [0.1, 0.15) is 0 Å². The van der Waals surface area contributed by atoms with Crippen molar-refractivity contribution in [1.29, 1.82) is 0 Å². The van der Waals surface area contributed by atoms with Gasteiger partial charge in [0.15, 0.2) is 34.9 Å². The largest absolute Gasteiger partial charge is 0.208 e. The molecule has 0 atom stereocenters. The summed E-state index contributed by atoms with van der Waals surface area (Å²) < 4.78 is 5.12. The summed E-state index contributed by atoms with van der Waals surface area (Å²) in [6.07, 6.45) is 0. The quantitative estimate of drug-likeness (QED) is 0.107. The first kappa shape index (κ1) is 79.5. The summed E-state index contributed by atoms with van der Waals surface area (Å²) in [7, 11) is 0. The Labute approximate surface area is 792 Å². The van der Waals surface area contributed by atoms with E-state index in [-0.39, 0.29) is 0 Å². The second-order valence-corrected chi connectivity index (χ2v) is 37.2. The Morgan fingerprint density at radius 3 is 0.728 bits per heavy atom. The van der Waals surface area contributed by atoms with Gasteiger partial charge in [-0.15, -0.1) is 22.7 Å². The van der Waals surface area contributed by atoms with E-state index in [0.29, 0.717) is 34.9 Å². The Balaban J connectivity index is 0.000000142. The van der Waals surface area contributed by atoms with Crippen LogP contribution in [0.1, 0.15) is 0 Å². The first-order chi connectivity index (χ1) is 67.3. The van der Waals surface area contributed by atoms with Crippen LogP contribution in [0.5, 0.6) is 0 Å². The van der Waals surface area contributed by atoms with Crippen LogP contribution in [-0.2, 0) is 0 Å². The Bertz CT molecular complexity index is 9320. The van der Waals surface area contributed by atoms with Crippen LogP contribution in [0.15, 0.2) is 473 Å². The van der Waals surface area contributed by atoms with Crippen LogP contribution in [-0.4, -0.2) is 29.9 Å². The number of hydrogen-bond acceptors (Lipinski definition) is 8. The minimum Gasteiger partial charge on any atom is -0.208 e. The lowest BCUT2D eigenvalue weighted by molar-refractivity contribution is 1.07. The van der Waals surface area contributed by atoms with Crippen molar-refractivity contribution in [2.75, 3.05) is 0 Å². The zero-order chi connectivity index (χ0) is 89.7. The monoisotopic (exact) mass is 1760 g/mol. The first-order valence-electron chi connectivity index (χ1n) is 46.1. The van der Waals surface area contributed by atoms with Gasteiger partial charge >= 0.3 is 0 Å². The van der Waals surface area contributed by atoms with Crippen molar-refractivity contribution in [1.82, 2.24) is 29.9 Å². The van der Waals surface area contributed by atoms with Crippen LogP contribution in [0.4, 0.5) is 0 Å². The summed E-state index contributed by atoms with van der Waals surface area (Å²) in [5.74, 6) is 3.93. The molecule has 0 fully saturated rings. The standard InChI is InChI=1S/C67H41N3S.C61H37N3S/c1-3-15-42(16-4-1)65-68-66(43-17-5-2-6-18-43)70-67(69-65)60-35-34-51(52-23-7-11-27-56(52)60)50-30-33-59-62-40-49(31-36-63(62)71-64(59)41-50)47-22-14-20-45(38-47)44-19-13-21-46(37-44)48-29-32-58-55-26-9-8-24-53(55)54-25-10-12-28-57(54)61(58)39-48;1-3-12-38(13-4-1)59-62-60(39-14-5-2-6-15-39)64-61(63-59)48-25-24-42-33-43(22-23-44(42)34-48)47-27-30-54-56-36-46(28-31-57(56)65-58(54)37-47)41-17-11-16-40(32-41)45-26-29-53-51-20-8-7-18-49(51)50-19-9-10-21-52(50)55(53)35-45/h1-41H;1-37H. The number of thiophene rings is 2. The predicted molar refractivity (Wildman–Crippen MR) is 576 cm³/mol. The molecule has 0 unspecified atom stereocenters. The number of nitrogens with zero attached hydrogens (tertiary/aromatic N) is 6. The normalized spacial score (nSPS) is 11.7. The third kappa shape index (κ3) is 14.4. The van der Waals surface area contributed by atoms with Gasteiger partial charge in [0.05, 0.1) is 0 Å². The molecule has 0 N–H and O–H groups in total. The van der Waals surface area contributed by atoms with Crippen molar-refractivity contribution in [3.05, 3.63) is 473 Å². The third-order valence-corrected chi connectivity index (χ3v) is 29.3. The molecule has 6 nitrogen and oxygen atoms in total. The van der Waals surface area contributed by atoms with Gasteiger partial charge in [-0.25, -0.2) is 29.9 Å². The van der Waals surface area contributed by atoms with Gasteiger partial charge in [0.2, 0.25) is 0 Å². The molecule has 0 saturated heterocycles. The molecule has 632 valence electrons. The summed E-state index contributed by atoms with van der Waals surface area (Å²) in [4.78, 5) is 29.9. The predicted octanol–water partition coefficient (Wildman–Crippen LogP) is 35.4. The van der Waals surface area contributed by atoms with E-state index in [9.17, 15) is 0 Å². The molecule has 0 amide bonds. The number of fused-ring (bicyclic) bond motifs is 20. The first-order valence-corrected chi connectivity index (χ1v) is 47.7. The molecule has 0 spiro atoms. The maximum absolute atomic E-state index is 5.08. The van der Waals surface area contributed by atoms with Gasteiger partial charge in [0, 0.05) is 73.7 Å². The molecule has 0 aliphatic rings. The third-order valence-electron chi connectivity index (χ3n) is 27.0. The zero-order valence-corrected chi connectivity index (χ0v) is 75.2. The molecule has 23 aromatic carbocycles. The lowest BCUT2D eigenvalue weighted by atomic mass is 9.91. The summed E-state index contributed by atoms with van der Waals surface area (Å²) in [5.41, 5.74) is 22.6. The van der Waals surface area contributed by atoms with Crippen molar-refractivity contribution >= 4 is 149 Å². The Morgan fingerprint density at radius 1 is 0.110 bits per heavy atom. The highest BCUT2D eigenvalue weighted by atomic mass is 32.1. The lowest BCUT2D eigenvalue weighted by Crippen LogP contribution is -2.00. The summed E-state index contributed by atoms with van der Waals surface area (Å²) >= 11 is 3.71. The molecule has 27 rings (SSSR count). The number of rotatable bonds is 13. The van der Waals surface area contributed by atoms with Crippen molar-refractivity contribution in [3.63, 3.8) is 0 Å². The average molecular weight is 1760 g/mol. The highest BCUT2D eigenvalue weighted by molar-refractivity contribution is 7.26. The van der Waals surface area contributed by atoms with Crippen molar-refractivity contribution in [2.24, 2.45) is 0 Å². The molecule has 0 aliphatic heterocycles. The van der Waals surface area contributed by atoms with Crippen molar-refractivity contribution in [3.8, 4) is 146 Å². The van der Waals surface area contributed by atoms with Crippen LogP contribution in [0.3, 0.4) is 0 Å². The second-order valence-electron chi connectivity index (χ2n) is 35.1. The fourth-order valence-corrected chi connectivity index (χ4v) is 22.5. The fraction of sp³-hybridized carbons (Fsp3) is 0. The highest BCUT2D eigenvalue weighted by Crippen LogP contribution is 2.47. The average Bonchev–Trinajstić information content (AvgIpc) is 0.760. The van der Waals surface area contributed by atoms with Gasteiger partial charge in [-0.05, 0) is 249 Å².